The first-order valence-electron chi connectivity index (χ1n) is 10.2. The highest BCUT2D eigenvalue weighted by molar-refractivity contribution is 6.32. The molecule has 0 atom stereocenters. The van der Waals surface area contributed by atoms with Crippen molar-refractivity contribution in [2.24, 2.45) is 5.73 Å². The molecule has 1 saturated heterocycles. The molecule has 0 bridgehead atoms. The average molecular weight is 435 g/mol. The molecule has 1 aliphatic heterocycles. The second kappa shape index (κ2) is 7.80. The summed E-state index contributed by atoms with van der Waals surface area (Å²) in [6, 6.07) is 15.9. The third-order valence-electron chi connectivity index (χ3n) is 5.92. The Hall–Kier alpha value is -3.22. The Morgan fingerprint density at radius 2 is 1.84 bits per heavy atom. The van der Waals surface area contributed by atoms with E-state index >= 15 is 0 Å². The number of H-pyrrole nitrogens is 1. The minimum absolute atomic E-state index is 0.458. The van der Waals surface area contributed by atoms with Gasteiger partial charge in [-0.25, -0.2) is 0 Å². The van der Waals surface area contributed by atoms with E-state index in [0.717, 1.165) is 59.1 Å². The van der Waals surface area contributed by atoms with Crippen LogP contribution in [0, 0.1) is 0 Å². The van der Waals surface area contributed by atoms with Gasteiger partial charge in [0, 0.05) is 48.2 Å². The third kappa shape index (κ3) is 3.48. The molecule has 0 unspecified atom stereocenters. The van der Waals surface area contributed by atoms with Gasteiger partial charge >= 0.3 is 0 Å². The molecule has 1 aromatic heterocycles. The number of anilines is 1. The predicted octanol–water partition coefficient (Wildman–Crippen LogP) is 4.16. The van der Waals surface area contributed by atoms with Crippen molar-refractivity contribution in [2.75, 3.05) is 38.2 Å². The summed E-state index contributed by atoms with van der Waals surface area (Å²) in [5.41, 5.74) is 10.9. The highest BCUT2D eigenvalue weighted by atomic mass is 35.5. The molecule has 7 heteroatoms. The third-order valence-corrected chi connectivity index (χ3v) is 6.22. The molecular formula is C24H23ClN4O2. The average Bonchev–Trinajstić information content (AvgIpc) is 3.16. The molecule has 0 aliphatic carbocycles. The number of nitrogens with two attached hydrogens (primary N) is 1. The van der Waals surface area contributed by atoms with Crippen LogP contribution < -0.4 is 20.7 Å². The summed E-state index contributed by atoms with van der Waals surface area (Å²) >= 11 is 6.33. The number of aromatic nitrogens is 1. The van der Waals surface area contributed by atoms with Gasteiger partial charge in [-0.1, -0.05) is 23.7 Å². The molecule has 4 N–H and O–H groups in total. The summed E-state index contributed by atoms with van der Waals surface area (Å²) in [5.74, 6) is 0.134. The van der Waals surface area contributed by atoms with Gasteiger partial charge in [-0.15, -0.1) is 0 Å². The SMILES string of the molecule is COc1ccc(-c2cc(C(N)=O)c3[nH]c4cc(N5CCNCC5)ccc4c3c2)cc1Cl. The summed E-state index contributed by atoms with van der Waals surface area (Å²) in [7, 11) is 1.58. The Kier molecular flexibility index (Phi) is 4.96. The summed E-state index contributed by atoms with van der Waals surface area (Å²) in [6.07, 6.45) is 0. The van der Waals surface area contributed by atoms with E-state index in [1.807, 2.05) is 24.3 Å². The molecule has 1 amide bonds. The van der Waals surface area contributed by atoms with Gasteiger partial charge in [0.15, 0.2) is 0 Å². The van der Waals surface area contributed by atoms with Crippen LogP contribution in [0.15, 0.2) is 48.5 Å². The van der Waals surface area contributed by atoms with Crippen molar-refractivity contribution in [3.8, 4) is 16.9 Å². The Balaban J connectivity index is 1.68. The number of ether oxygens (including phenoxy) is 1. The minimum atomic E-state index is -0.472. The maximum absolute atomic E-state index is 12.3. The van der Waals surface area contributed by atoms with E-state index in [9.17, 15) is 4.79 Å². The largest absolute Gasteiger partial charge is 0.495 e. The van der Waals surface area contributed by atoms with E-state index in [1.165, 1.54) is 5.69 Å². The number of hydrogen-bond donors (Lipinski definition) is 3. The van der Waals surface area contributed by atoms with E-state index in [2.05, 4.69) is 39.5 Å². The lowest BCUT2D eigenvalue weighted by Crippen LogP contribution is -2.43. The lowest BCUT2D eigenvalue weighted by atomic mass is 9.98. The van der Waals surface area contributed by atoms with Gasteiger partial charge in [-0.05, 0) is 47.5 Å². The summed E-state index contributed by atoms with van der Waals surface area (Å²) < 4.78 is 5.26. The number of amides is 1. The van der Waals surface area contributed by atoms with Gasteiger partial charge in [0.25, 0.3) is 5.91 Å². The lowest BCUT2D eigenvalue weighted by molar-refractivity contribution is 0.100. The zero-order valence-electron chi connectivity index (χ0n) is 17.2. The first-order chi connectivity index (χ1) is 15.0. The van der Waals surface area contributed by atoms with Crippen LogP contribution in [0.5, 0.6) is 5.75 Å². The Morgan fingerprint density at radius 3 is 2.55 bits per heavy atom. The molecule has 158 valence electrons. The molecule has 4 aromatic rings. The molecule has 0 radical (unpaired) electrons. The molecule has 31 heavy (non-hydrogen) atoms. The normalized spacial score (nSPS) is 14.3. The highest BCUT2D eigenvalue weighted by Crippen LogP contribution is 2.36. The Morgan fingerprint density at radius 1 is 1.03 bits per heavy atom. The maximum Gasteiger partial charge on any atom is 0.250 e. The number of halogens is 1. The van der Waals surface area contributed by atoms with E-state index in [4.69, 9.17) is 22.1 Å². The monoisotopic (exact) mass is 434 g/mol. The summed E-state index contributed by atoms with van der Waals surface area (Å²) in [6.45, 7) is 3.90. The fourth-order valence-corrected chi connectivity index (χ4v) is 4.58. The molecule has 0 saturated carbocycles. The summed E-state index contributed by atoms with van der Waals surface area (Å²) in [5, 5.41) is 5.90. The van der Waals surface area contributed by atoms with Crippen molar-refractivity contribution in [1.82, 2.24) is 10.3 Å². The van der Waals surface area contributed by atoms with Crippen molar-refractivity contribution in [2.45, 2.75) is 0 Å². The van der Waals surface area contributed by atoms with Gasteiger partial charge in [0.05, 0.1) is 23.2 Å². The van der Waals surface area contributed by atoms with E-state index in [1.54, 1.807) is 7.11 Å². The number of carbonyl (C=O) groups excluding carboxylic acids is 1. The second-order valence-electron chi connectivity index (χ2n) is 7.75. The number of nitrogens with one attached hydrogen (secondary N) is 2. The topological polar surface area (TPSA) is 83.4 Å². The first kappa shape index (κ1) is 19.7. The van der Waals surface area contributed by atoms with E-state index in [-0.39, 0.29) is 0 Å². The van der Waals surface area contributed by atoms with Crippen LogP contribution in [0.2, 0.25) is 5.02 Å². The number of carbonyl (C=O) groups is 1. The van der Waals surface area contributed by atoms with Gasteiger partial charge in [-0.2, -0.15) is 0 Å². The number of piperazine rings is 1. The van der Waals surface area contributed by atoms with Crippen molar-refractivity contribution in [1.29, 1.82) is 0 Å². The zero-order valence-corrected chi connectivity index (χ0v) is 17.9. The highest BCUT2D eigenvalue weighted by Gasteiger charge is 2.17. The van der Waals surface area contributed by atoms with Crippen LogP contribution in [0.25, 0.3) is 32.9 Å². The lowest BCUT2D eigenvalue weighted by Gasteiger charge is -2.29. The van der Waals surface area contributed by atoms with Crippen LogP contribution in [0.4, 0.5) is 5.69 Å². The number of methoxy groups -OCH3 is 1. The zero-order chi connectivity index (χ0) is 21.5. The quantitative estimate of drug-likeness (QED) is 0.450. The molecule has 0 spiro atoms. The van der Waals surface area contributed by atoms with Crippen molar-refractivity contribution in [3.05, 3.63) is 59.1 Å². The number of rotatable bonds is 4. The molecular weight excluding hydrogens is 412 g/mol. The minimum Gasteiger partial charge on any atom is -0.495 e. The van der Waals surface area contributed by atoms with E-state index < -0.39 is 5.91 Å². The van der Waals surface area contributed by atoms with Crippen molar-refractivity contribution in [3.63, 3.8) is 0 Å². The molecule has 1 aliphatic rings. The molecule has 2 heterocycles. The van der Waals surface area contributed by atoms with E-state index in [0.29, 0.717) is 16.3 Å². The number of nitrogens with zero attached hydrogens (tertiary/aromatic N) is 1. The summed E-state index contributed by atoms with van der Waals surface area (Å²) in [4.78, 5) is 18.1. The van der Waals surface area contributed by atoms with Gasteiger partial charge in [-0.3, -0.25) is 4.79 Å². The second-order valence-corrected chi connectivity index (χ2v) is 8.16. The van der Waals surface area contributed by atoms with Gasteiger partial charge in [0.1, 0.15) is 5.75 Å². The van der Waals surface area contributed by atoms with Crippen LogP contribution in [-0.4, -0.2) is 44.2 Å². The Labute approximate surface area is 184 Å². The predicted molar refractivity (Wildman–Crippen MR) is 126 cm³/mol. The van der Waals surface area contributed by atoms with Gasteiger partial charge in [0.2, 0.25) is 0 Å². The fraction of sp³-hybridized carbons (Fsp3) is 0.208. The van der Waals surface area contributed by atoms with Crippen molar-refractivity contribution < 1.29 is 9.53 Å². The Bertz CT molecular complexity index is 1310. The number of hydrogen-bond acceptors (Lipinski definition) is 4. The van der Waals surface area contributed by atoms with Crippen LogP contribution in [0.3, 0.4) is 0 Å². The number of aromatic amines is 1. The standard InChI is InChI=1S/C24H23ClN4O2/c1-31-22-5-2-14(12-20(22)25)15-10-18-17-4-3-16(29-8-6-27-7-9-29)13-21(17)28-23(18)19(11-15)24(26)30/h2-5,10-13,27-28H,6-9H2,1H3,(H2,26,30). The molecule has 3 aromatic carbocycles. The van der Waals surface area contributed by atoms with Crippen molar-refractivity contribution >= 4 is 45.0 Å². The molecule has 1 fully saturated rings. The van der Waals surface area contributed by atoms with Gasteiger partial charge < -0.3 is 25.7 Å². The maximum atomic E-state index is 12.3. The van der Waals surface area contributed by atoms with Crippen LogP contribution in [-0.2, 0) is 0 Å². The van der Waals surface area contributed by atoms with Crippen LogP contribution in [0.1, 0.15) is 10.4 Å². The fourth-order valence-electron chi connectivity index (χ4n) is 4.32. The van der Waals surface area contributed by atoms with Crippen LogP contribution >= 0.6 is 11.6 Å². The molecule has 5 rings (SSSR count). The molecule has 6 nitrogen and oxygen atoms in total. The smallest absolute Gasteiger partial charge is 0.250 e. The number of benzene rings is 3. The number of fused-ring (bicyclic) bond motifs is 3. The number of primary amides is 1. The first-order valence-corrected chi connectivity index (χ1v) is 10.6.